The molecule has 0 spiro atoms. The number of thioether (sulfide) groups is 1. The number of para-hydroxylation sites is 2. The molecule has 6 aromatic rings. The van der Waals surface area contributed by atoms with Crippen molar-refractivity contribution in [1.82, 2.24) is 4.57 Å². The van der Waals surface area contributed by atoms with Crippen LogP contribution in [0.5, 0.6) is 0 Å². The number of rotatable bonds is 2. The van der Waals surface area contributed by atoms with Crippen molar-refractivity contribution >= 4 is 39.3 Å². The van der Waals surface area contributed by atoms with Crippen molar-refractivity contribution in [1.29, 1.82) is 0 Å². The highest BCUT2D eigenvalue weighted by Crippen LogP contribution is 2.53. The Bertz CT molecular complexity index is 1750. The zero-order valence-corrected chi connectivity index (χ0v) is 20.6. The molecule has 36 heavy (non-hydrogen) atoms. The van der Waals surface area contributed by atoms with Gasteiger partial charge in [0.1, 0.15) is 5.37 Å². The highest BCUT2D eigenvalue weighted by molar-refractivity contribution is 8.00. The lowest BCUT2D eigenvalue weighted by Gasteiger charge is -2.24. The lowest BCUT2D eigenvalue weighted by molar-refractivity contribution is 0.935. The largest absolute Gasteiger partial charge is 0.368 e. The molecule has 1 atom stereocenters. The molecule has 0 saturated heterocycles. The van der Waals surface area contributed by atoms with E-state index in [-0.39, 0.29) is 5.37 Å². The molecular formula is C33H24N2S. The number of aryl methyl sites for hydroxylation is 2. The number of aromatic nitrogens is 1. The summed E-state index contributed by atoms with van der Waals surface area (Å²) in [6.45, 7) is 0. The van der Waals surface area contributed by atoms with Crippen LogP contribution in [0.2, 0.25) is 0 Å². The van der Waals surface area contributed by atoms with Gasteiger partial charge in [-0.1, -0.05) is 90.6 Å². The second kappa shape index (κ2) is 7.78. The molecule has 0 saturated carbocycles. The van der Waals surface area contributed by atoms with Gasteiger partial charge in [0.2, 0.25) is 0 Å². The summed E-state index contributed by atoms with van der Waals surface area (Å²) in [5.74, 6) is 0. The quantitative estimate of drug-likeness (QED) is 0.267. The molecule has 172 valence electrons. The third-order valence-electron chi connectivity index (χ3n) is 7.74. The van der Waals surface area contributed by atoms with Gasteiger partial charge in [-0.05, 0) is 65.4 Å². The summed E-state index contributed by atoms with van der Waals surface area (Å²) in [6.07, 6.45) is 2.15. The smallest absolute Gasteiger partial charge is 0.103 e. The first kappa shape index (κ1) is 20.3. The number of hydrogen-bond donors (Lipinski definition) is 1. The summed E-state index contributed by atoms with van der Waals surface area (Å²) in [5.41, 5.74) is 12.1. The molecule has 0 amide bonds. The van der Waals surface area contributed by atoms with Crippen LogP contribution < -0.4 is 5.32 Å². The minimum atomic E-state index is 0.259. The maximum Gasteiger partial charge on any atom is 0.103 e. The van der Waals surface area contributed by atoms with E-state index in [1.54, 1.807) is 0 Å². The van der Waals surface area contributed by atoms with E-state index in [0.29, 0.717) is 0 Å². The molecule has 3 heteroatoms. The fourth-order valence-electron chi connectivity index (χ4n) is 6.09. The van der Waals surface area contributed by atoms with E-state index in [4.69, 9.17) is 0 Å². The molecule has 1 unspecified atom stereocenters. The van der Waals surface area contributed by atoms with Crippen molar-refractivity contribution in [3.8, 4) is 16.8 Å². The summed E-state index contributed by atoms with van der Waals surface area (Å²) in [5, 5.41) is 6.74. The van der Waals surface area contributed by atoms with Gasteiger partial charge in [-0.3, -0.25) is 0 Å². The van der Waals surface area contributed by atoms with Crippen LogP contribution in [-0.4, -0.2) is 4.57 Å². The van der Waals surface area contributed by atoms with Crippen LogP contribution in [0.25, 0.3) is 38.6 Å². The average molecular weight is 481 g/mol. The topological polar surface area (TPSA) is 17.0 Å². The van der Waals surface area contributed by atoms with Gasteiger partial charge in [-0.2, -0.15) is 0 Å². The maximum absolute atomic E-state index is 3.87. The Morgan fingerprint density at radius 3 is 2.14 bits per heavy atom. The third-order valence-corrected chi connectivity index (χ3v) is 8.96. The van der Waals surface area contributed by atoms with E-state index in [1.807, 2.05) is 11.8 Å². The third kappa shape index (κ3) is 2.93. The van der Waals surface area contributed by atoms with Crippen LogP contribution in [0.4, 0.5) is 5.69 Å². The predicted molar refractivity (Wildman–Crippen MR) is 152 cm³/mol. The van der Waals surface area contributed by atoms with Crippen molar-refractivity contribution in [2.24, 2.45) is 0 Å². The molecule has 1 aliphatic carbocycles. The van der Waals surface area contributed by atoms with E-state index >= 15 is 0 Å². The first-order chi connectivity index (χ1) is 17.8. The number of anilines is 1. The van der Waals surface area contributed by atoms with Gasteiger partial charge in [0.05, 0.1) is 16.7 Å². The predicted octanol–water partition coefficient (Wildman–Crippen LogP) is 8.77. The Labute approximate surface area is 214 Å². The molecule has 2 heterocycles. The number of hydrogen-bond acceptors (Lipinski definition) is 2. The number of benzene rings is 5. The van der Waals surface area contributed by atoms with Gasteiger partial charge in [0.25, 0.3) is 0 Å². The Hall–Kier alpha value is -3.95. The summed E-state index contributed by atoms with van der Waals surface area (Å²) >= 11 is 1.93. The minimum Gasteiger partial charge on any atom is -0.368 e. The van der Waals surface area contributed by atoms with E-state index in [0.717, 1.165) is 12.8 Å². The molecule has 2 aliphatic rings. The normalized spacial score (nSPS) is 15.9. The summed E-state index contributed by atoms with van der Waals surface area (Å²) in [4.78, 5) is 1.35. The van der Waals surface area contributed by atoms with E-state index in [9.17, 15) is 0 Å². The van der Waals surface area contributed by atoms with Crippen molar-refractivity contribution in [2.45, 2.75) is 23.1 Å². The average Bonchev–Trinajstić information content (AvgIpc) is 3.53. The SMILES string of the molecule is c1ccc(C2Nc3c(ccc4c3-c3ccc(-n5c6ccccc6c6ccccc65)cc3CC4)S2)cc1. The number of nitrogens with zero attached hydrogens (tertiary/aromatic N) is 1. The van der Waals surface area contributed by atoms with Crippen LogP contribution in [0, 0.1) is 0 Å². The summed E-state index contributed by atoms with van der Waals surface area (Å²) in [6, 6.07) is 40.0. The van der Waals surface area contributed by atoms with Gasteiger partial charge in [-0.15, -0.1) is 0 Å². The second-order valence-electron chi connectivity index (χ2n) is 9.74. The molecule has 0 bridgehead atoms. The lowest BCUT2D eigenvalue weighted by Crippen LogP contribution is -2.08. The molecule has 1 N–H and O–H groups in total. The van der Waals surface area contributed by atoms with Crippen molar-refractivity contribution < 1.29 is 0 Å². The van der Waals surface area contributed by atoms with Gasteiger partial charge in [0.15, 0.2) is 0 Å². The van der Waals surface area contributed by atoms with Gasteiger partial charge in [0, 0.05) is 26.9 Å². The molecule has 0 radical (unpaired) electrons. The fourth-order valence-corrected chi connectivity index (χ4v) is 7.24. The second-order valence-corrected chi connectivity index (χ2v) is 10.9. The first-order valence-corrected chi connectivity index (χ1v) is 13.5. The van der Waals surface area contributed by atoms with E-state index in [2.05, 4.69) is 119 Å². The maximum atomic E-state index is 3.87. The highest BCUT2D eigenvalue weighted by atomic mass is 32.2. The van der Waals surface area contributed by atoms with Gasteiger partial charge >= 0.3 is 0 Å². The first-order valence-electron chi connectivity index (χ1n) is 12.6. The Kier molecular flexibility index (Phi) is 4.38. The highest BCUT2D eigenvalue weighted by Gasteiger charge is 2.29. The fraction of sp³-hybridized carbons (Fsp3) is 0.0909. The lowest BCUT2D eigenvalue weighted by atomic mass is 9.84. The number of nitrogens with one attached hydrogen (secondary N) is 1. The zero-order chi connectivity index (χ0) is 23.6. The molecular weight excluding hydrogens is 456 g/mol. The van der Waals surface area contributed by atoms with Gasteiger partial charge in [-0.25, -0.2) is 0 Å². The van der Waals surface area contributed by atoms with E-state index < -0.39 is 0 Å². The Balaban J connectivity index is 1.27. The Morgan fingerprint density at radius 2 is 1.36 bits per heavy atom. The standard InChI is InChI=1S/C33H24N2S/c1-2-8-22(9-3-1)33-34-32-30(36-33)19-16-21-14-15-23-20-24(17-18-25(23)31(21)32)35-28-12-6-4-10-26(28)27-11-5-7-13-29(27)35/h1-13,16-20,33-34H,14-15H2. The zero-order valence-electron chi connectivity index (χ0n) is 19.7. The van der Waals surface area contributed by atoms with Gasteiger partial charge < -0.3 is 9.88 Å². The minimum absolute atomic E-state index is 0.259. The molecule has 2 nitrogen and oxygen atoms in total. The monoisotopic (exact) mass is 480 g/mol. The molecule has 5 aromatic carbocycles. The Morgan fingerprint density at radius 1 is 0.667 bits per heavy atom. The molecule has 8 rings (SSSR count). The number of fused-ring (bicyclic) bond motifs is 8. The van der Waals surface area contributed by atoms with Crippen LogP contribution >= 0.6 is 11.8 Å². The van der Waals surface area contributed by atoms with Crippen molar-refractivity contribution in [3.05, 3.63) is 126 Å². The van der Waals surface area contributed by atoms with Crippen LogP contribution in [0.3, 0.4) is 0 Å². The summed E-state index contributed by atoms with van der Waals surface area (Å²) in [7, 11) is 0. The van der Waals surface area contributed by atoms with Crippen molar-refractivity contribution in [3.63, 3.8) is 0 Å². The van der Waals surface area contributed by atoms with Crippen LogP contribution in [-0.2, 0) is 12.8 Å². The van der Waals surface area contributed by atoms with Crippen LogP contribution in [0.1, 0.15) is 22.1 Å². The molecule has 1 aliphatic heterocycles. The summed E-state index contributed by atoms with van der Waals surface area (Å²) < 4.78 is 2.43. The molecule has 1 aromatic heterocycles. The van der Waals surface area contributed by atoms with E-state index in [1.165, 1.54) is 65.9 Å². The van der Waals surface area contributed by atoms with Crippen LogP contribution in [0.15, 0.2) is 114 Å². The van der Waals surface area contributed by atoms with Crippen molar-refractivity contribution in [2.75, 3.05) is 5.32 Å². The molecule has 0 fully saturated rings.